The zero-order valence-corrected chi connectivity index (χ0v) is 17.9. The number of benzene rings is 2. The number of nitrogens with one attached hydrogen (secondary N) is 2. The number of hydrogen-bond acceptors (Lipinski definition) is 5. The van der Waals surface area contributed by atoms with Crippen LogP contribution in [0.2, 0.25) is 0 Å². The highest BCUT2D eigenvalue weighted by Gasteiger charge is 2.10. The normalized spacial score (nSPS) is 10.8. The molecular weight excluding hydrogens is 408 g/mol. The largest absolute Gasteiger partial charge is 0.497 e. The molecule has 4 aromatic rings. The average molecular weight is 432 g/mol. The molecule has 164 valence electrons. The van der Waals surface area contributed by atoms with Crippen LogP contribution in [0.4, 0.5) is 0 Å². The van der Waals surface area contributed by atoms with Gasteiger partial charge in [-0.3, -0.25) is 9.59 Å². The summed E-state index contributed by atoms with van der Waals surface area (Å²) in [5.41, 5.74) is 3.19. The molecular formula is C24H24N4O4. The molecule has 4 rings (SSSR count). The van der Waals surface area contributed by atoms with Gasteiger partial charge in [0.15, 0.2) is 0 Å². The Bertz CT molecular complexity index is 1290. The van der Waals surface area contributed by atoms with Crippen LogP contribution in [0.3, 0.4) is 0 Å². The number of amides is 1. The number of carbonyl (C=O) groups excluding carboxylic acids is 1. The van der Waals surface area contributed by atoms with Gasteiger partial charge in [-0.05, 0) is 60.5 Å². The Kier molecular flexibility index (Phi) is 6.21. The molecule has 0 unspecified atom stereocenters. The van der Waals surface area contributed by atoms with Crippen LogP contribution in [-0.4, -0.2) is 41.4 Å². The van der Waals surface area contributed by atoms with Crippen LogP contribution >= 0.6 is 0 Å². The lowest BCUT2D eigenvalue weighted by molar-refractivity contribution is -0.121. The number of fused-ring (bicyclic) bond motifs is 1. The van der Waals surface area contributed by atoms with E-state index in [1.165, 1.54) is 10.7 Å². The lowest BCUT2D eigenvalue weighted by Gasteiger charge is -2.09. The second-order valence-corrected chi connectivity index (χ2v) is 7.27. The maximum Gasteiger partial charge on any atom is 0.267 e. The SMILES string of the molecule is COc1ccc(-c2ccc(=O)n(CC(=O)NCCc3c[nH]c4ccc(OC)cc34)n2)cc1. The van der Waals surface area contributed by atoms with E-state index in [4.69, 9.17) is 9.47 Å². The highest BCUT2D eigenvalue weighted by Crippen LogP contribution is 2.24. The molecule has 0 radical (unpaired) electrons. The maximum atomic E-state index is 12.4. The third kappa shape index (κ3) is 4.64. The van der Waals surface area contributed by atoms with Crippen LogP contribution in [0, 0.1) is 0 Å². The molecule has 0 spiro atoms. The van der Waals surface area contributed by atoms with Gasteiger partial charge in [-0.25, -0.2) is 4.68 Å². The van der Waals surface area contributed by atoms with Gasteiger partial charge >= 0.3 is 0 Å². The first-order valence-corrected chi connectivity index (χ1v) is 10.2. The van der Waals surface area contributed by atoms with E-state index in [9.17, 15) is 9.59 Å². The molecule has 2 aromatic heterocycles. The molecule has 2 heterocycles. The predicted octanol–water partition coefficient (Wildman–Crippen LogP) is 2.77. The summed E-state index contributed by atoms with van der Waals surface area (Å²) in [7, 11) is 3.23. The highest BCUT2D eigenvalue weighted by atomic mass is 16.5. The summed E-state index contributed by atoms with van der Waals surface area (Å²) >= 11 is 0. The lowest BCUT2D eigenvalue weighted by atomic mass is 10.1. The van der Waals surface area contributed by atoms with Gasteiger partial charge < -0.3 is 19.8 Å². The van der Waals surface area contributed by atoms with Crippen molar-refractivity contribution in [2.45, 2.75) is 13.0 Å². The number of hydrogen-bond donors (Lipinski definition) is 2. The van der Waals surface area contributed by atoms with Crippen molar-refractivity contribution in [3.05, 3.63) is 76.7 Å². The van der Waals surface area contributed by atoms with Crippen molar-refractivity contribution < 1.29 is 14.3 Å². The van der Waals surface area contributed by atoms with Crippen molar-refractivity contribution in [1.82, 2.24) is 20.1 Å². The third-order valence-electron chi connectivity index (χ3n) is 5.24. The molecule has 0 saturated heterocycles. The summed E-state index contributed by atoms with van der Waals surface area (Å²) in [6.07, 6.45) is 2.58. The molecule has 0 atom stereocenters. The zero-order valence-electron chi connectivity index (χ0n) is 17.9. The molecule has 8 heteroatoms. The van der Waals surface area contributed by atoms with Crippen LogP contribution < -0.4 is 20.3 Å². The minimum absolute atomic E-state index is 0.148. The predicted molar refractivity (Wildman–Crippen MR) is 122 cm³/mol. The summed E-state index contributed by atoms with van der Waals surface area (Å²) in [4.78, 5) is 27.8. The van der Waals surface area contributed by atoms with Gasteiger partial charge in [0.2, 0.25) is 5.91 Å². The lowest BCUT2D eigenvalue weighted by Crippen LogP contribution is -2.34. The Hall–Kier alpha value is -4.07. The second-order valence-electron chi connectivity index (χ2n) is 7.27. The second kappa shape index (κ2) is 9.38. The summed E-state index contributed by atoms with van der Waals surface area (Å²) in [5, 5.41) is 8.26. The van der Waals surface area contributed by atoms with Crippen molar-refractivity contribution in [2.24, 2.45) is 0 Å². The molecule has 2 N–H and O–H groups in total. The molecule has 0 aliphatic heterocycles. The van der Waals surface area contributed by atoms with Gasteiger partial charge in [-0.1, -0.05) is 0 Å². The molecule has 1 amide bonds. The molecule has 2 aromatic carbocycles. The summed E-state index contributed by atoms with van der Waals surface area (Å²) in [5.74, 6) is 1.24. The van der Waals surface area contributed by atoms with Gasteiger partial charge in [0.05, 0.1) is 19.9 Å². The zero-order chi connectivity index (χ0) is 22.5. The quantitative estimate of drug-likeness (QED) is 0.446. The van der Waals surface area contributed by atoms with Crippen molar-refractivity contribution in [2.75, 3.05) is 20.8 Å². The van der Waals surface area contributed by atoms with E-state index in [0.717, 1.165) is 33.5 Å². The fourth-order valence-electron chi connectivity index (χ4n) is 3.50. The van der Waals surface area contributed by atoms with Crippen molar-refractivity contribution in [3.63, 3.8) is 0 Å². The minimum atomic E-state index is -0.332. The Morgan fingerprint density at radius 1 is 1.03 bits per heavy atom. The van der Waals surface area contributed by atoms with E-state index in [1.807, 2.05) is 48.7 Å². The monoisotopic (exact) mass is 432 g/mol. The van der Waals surface area contributed by atoms with E-state index >= 15 is 0 Å². The molecule has 0 bridgehead atoms. The number of aromatic amines is 1. The number of rotatable bonds is 8. The van der Waals surface area contributed by atoms with Gasteiger partial charge in [0.25, 0.3) is 5.56 Å². The minimum Gasteiger partial charge on any atom is -0.497 e. The Morgan fingerprint density at radius 3 is 2.53 bits per heavy atom. The Balaban J connectivity index is 1.39. The molecule has 8 nitrogen and oxygen atoms in total. The van der Waals surface area contributed by atoms with E-state index in [2.05, 4.69) is 15.4 Å². The standard InChI is InChI=1S/C24H24N4O4/c1-31-18-5-3-16(4-6-18)21-9-10-24(30)28(27-21)15-23(29)25-12-11-17-14-26-22-8-7-19(32-2)13-20(17)22/h3-10,13-14,26H,11-12,15H2,1-2H3,(H,25,29). The molecule has 32 heavy (non-hydrogen) atoms. The first-order valence-electron chi connectivity index (χ1n) is 10.2. The fraction of sp³-hybridized carbons (Fsp3) is 0.208. The maximum absolute atomic E-state index is 12.4. The smallest absolute Gasteiger partial charge is 0.267 e. The first kappa shape index (κ1) is 21.2. The number of nitrogens with zero attached hydrogens (tertiary/aromatic N) is 2. The van der Waals surface area contributed by atoms with Gasteiger partial charge in [-0.15, -0.1) is 0 Å². The summed E-state index contributed by atoms with van der Waals surface area (Å²) in [6.45, 7) is 0.292. The molecule has 0 fully saturated rings. The molecule has 0 aliphatic carbocycles. The van der Waals surface area contributed by atoms with Crippen LogP contribution in [0.15, 0.2) is 65.6 Å². The van der Waals surface area contributed by atoms with Gasteiger partial charge in [0.1, 0.15) is 18.0 Å². The topological polar surface area (TPSA) is 98.2 Å². The Labute approximate surface area is 184 Å². The first-order chi connectivity index (χ1) is 15.6. The average Bonchev–Trinajstić information content (AvgIpc) is 3.22. The number of H-pyrrole nitrogens is 1. The number of carbonyl (C=O) groups is 1. The summed E-state index contributed by atoms with van der Waals surface area (Å²) < 4.78 is 11.6. The number of aromatic nitrogens is 3. The Morgan fingerprint density at radius 2 is 1.78 bits per heavy atom. The van der Waals surface area contributed by atoms with Crippen molar-refractivity contribution in [1.29, 1.82) is 0 Å². The van der Waals surface area contributed by atoms with Crippen LogP contribution in [-0.2, 0) is 17.8 Å². The van der Waals surface area contributed by atoms with Crippen molar-refractivity contribution >= 4 is 16.8 Å². The number of ether oxygens (including phenoxy) is 2. The fourth-order valence-corrected chi connectivity index (χ4v) is 3.50. The summed E-state index contributed by atoms with van der Waals surface area (Å²) in [6, 6.07) is 16.2. The third-order valence-corrected chi connectivity index (χ3v) is 5.24. The molecule has 0 saturated carbocycles. The van der Waals surface area contributed by atoms with E-state index in [-0.39, 0.29) is 18.0 Å². The molecule has 0 aliphatic rings. The highest BCUT2D eigenvalue weighted by molar-refractivity contribution is 5.84. The van der Waals surface area contributed by atoms with E-state index in [1.54, 1.807) is 20.3 Å². The van der Waals surface area contributed by atoms with E-state index < -0.39 is 0 Å². The van der Waals surface area contributed by atoms with Crippen molar-refractivity contribution in [3.8, 4) is 22.8 Å². The number of methoxy groups -OCH3 is 2. The van der Waals surface area contributed by atoms with Gasteiger partial charge in [-0.2, -0.15) is 5.10 Å². The van der Waals surface area contributed by atoms with Crippen LogP contribution in [0.1, 0.15) is 5.56 Å². The van der Waals surface area contributed by atoms with E-state index in [0.29, 0.717) is 18.7 Å². The van der Waals surface area contributed by atoms with Crippen LogP contribution in [0.5, 0.6) is 11.5 Å². The van der Waals surface area contributed by atoms with Crippen LogP contribution in [0.25, 0.3) is 22.2 Å². The van der Waals surface area contributed by atoms with Gasteiger partial charge in [0, 0.05) is 35.3 Å².